The monoisotopic (exact) mass is 533 g/mol. The van der Waals surface area contributed by atoms with Crippen molar-refractivity contribution in [3.63, 3.8) is 0 Å². The van der Waals surface area contributed by atoms with Crippen LogP contribution in [-0.4, -0.2) is 94.5 Å². The van der Waals surface area contributed by atoms with Gasteiger partial charge in [-0.1, -0.05) is 12.1 Å². The fourth-order valence-electron chi connectivity index (χ4n) is 5.77. The fourth-order valence-corrected chi connectivity index (χ4v) is 5.77. The zero-order valence-electron chi connectivity index (χ0n) is 21.7. The molecule has 1 N–H and O–H groups in total. The third kappa shape index (κ3) is 5.00. The number of carbonyl (C=O) groups is 2. The normalized spacial score (nSPS) is 23.8. The number of fused-ring (bicyclic) bond motifs is 1. The van der Waals surface area contributed by atoms with E-state index in [0.29, 0.717) is 37.4 Å². The van der Waals surface area contributed by atoms with Crippen LogP contribution in [0.1, 0.15) is 39.3 Å². The van der Waals surface area contributed by atoms with Crippen molar-refractivity contribution in [1.82, 2.24) is 19.6 Å². The molecule has 2 aromatic rings. The van der Waals surface area contributed by atoms with Crippen molar-refractivity contribution in [2.45, 2.75) is 58.4 Å². The molecule has 11 heteroatoms. The number of hydrogen-bond acceptors (Lipinski definition) is 5. The lowest BCUT2D eigenvalue weighted by Crippen LogP contribution is -2.50. The van der Waals surface area contributed by atoms with Crippen molar-refractivity contribution < 1.29 is 27.9 Å². The summed E-state index contributed by atoms with van der Waals surface area (Å²) in [6.45, 7) is 6.30. The molecule has 5 rings (SSSR count). The Morgan fingerprint density at radius 1 is 1.08 bits per heavy atom. The molecule has 0 spiro atoms. The summed E-state index contributed by atoms with van der Waals surface area (Å²) in [5.41, 5.74) is 4.50. The van der Waals surface area contributed by atoms with E-state index in [1.54, 1.807) is 4.90 Å². The number of carbonyl (C=O) groups excluding carboxylic acids is 2. The summed E-state index contributed by atoms with van der Waals surface area (Å²) < 4.78 is 42.7. The number of piperidine rings is 1. The average Bonchev–Trinajstić information content (AvgIpc) is 3.48. The van der Waals surface area contributed by atoms with Crippen molar-refractivity contribution in [2.75, 3.05) is 44.2 Å². The second-order valence-electron chi connectivity index (χ2n) is 10.6. The van der Waals surface area contributed by atoms with Gasteiger partial charge in [0.2, 0.25) is 12.3 Å². The predicted molar refractivity (Wildman–Crippen MR) is 135 cm³/mol. The second kappa shape index (κ2) is 10.6. The molecule has 1 aromatic carbocycles. The highest BCUT2D eigenvalue weighted by Crippen LogP contribution is 2.34. The van der Waals surface area contributed by atoms with Gasteiger partial charge in [-0.25, -0.2) is 13.2 Å². The number of piperazine rings is 1. The molecule has 2 saturated heterocycles. The van der Waals surface area contributed by atoms with Gasteiger partial charge in [-0.2, -0.15) is 5.10 Å². The first kappa shape index (κ1) is 26.5. The lowest BCUT2D eigenvalue weighted by atomic mass is 10.0. The Bertz CT molecular complexity index is 1210. The van der Waals surface area contributed by atoms with Crippen LogP contribution in [-0.2, 0) is 24.2 Å². The molecule has 1 unspecified atom stereocenters. The standard InChI is InChI=1S/C27H34F3N5O3/c1-16-4-3-5-21(17(16)2)32-8-10-33(11-9-32)24(37)15-35-22-13-18(26(29)30)12-19(22)25(31-35)27(38)34-7-6-23(36)20(28)14-34/h3-5,18,20,23,26,36H,6-15H2,1-2H3/t18?,20-,23+/m1/s1. The molecule has 2 aliphatic heterocycles. The van der Waals surface area contributed by atoms with Crippen LogP contribution >= 0.6 is 0 Å². The molecule has 3 heterocycles. The van der Waals surface area contributed by atoms with Gasteiger partial charge in [-0.05, 0) is 50.3 Å². The number of benzene rings is 1. The van der Waals surface area contributed by atoms with Gasteiger partial charge < -0.3 is 19.8 Å². The Kier molecular flexibility index (Phi) is 7.39. The highest BCUT2D eigenvalue weighted by Gasteiger charge is 2.39. The van der Waals surface area contributed by atoms with E-state index in [1.807, 2.05) is 6.07 Å². The van der Waals surface area contributed by atoms with E-state index in [4.69, 9.17) is 0 Å². The largest absolute Gasteiger partial charge is 0.390 e. The zero-order chi connectivity index (χ0) is 27.1. The van der Waals surface area contributed by atoms with Crippen LogP contribution in [0, 0.1) is 19.8 Å². The number of rotatable bonds is 5. The van der Waals surface area contributed by atoms with Gasteiger partial charge in [0.15, 0.2) is 5.69 Å². The summed E-state index contributed by atoms with van der Waals surface area (Å²) >= 11 is 0. The molecule has 3 atom stereocenters. The molecular formula is C27H34F3N5O3. The summed E-state index contributed by atoms with van der Waals surface area (Å²) in [4.78, 5) is 31.7. The molecule has 1 aromatic heterocycles. The predicted octanol–water partition coefficient (Wildman–Crippen LogP) is 2.37. The van der Waals surface area contributed by atoms with Crippen LogP contribution in [0.5, 0.6) is 0 Å². The van der Waals surface area contributed by atoms with Gasteiger partial charge in [-0.3, -0.25) is 14.3 Å². The number of amides is 2. The molecular weight excluding hydrogens is 499 g/mol. The van der Waals surface area contributed by atoms with Gasteiger partial charge in [0, 0.05) is 55.6 Å². The maximum Gasteiger partial charge on any atom is 0.274 e. The Balaban J connectivity index is 1.30. The molecule has 0 bridgehead atoms. The number of alkyl halides is 3. The first-order chi connectivity index (χ1) is 18.1. The minimum atomic E-state index is -2.56. The van der Waals surface area contributed by atoms with Crippen LogP contribution in [0.15, 0.2) is 18.2 Å². The van der Waals surface area contributed by atoms with E-state index in [-0.39, 0.29) is 50.5 Å². The maximum absolute atomic E-state index is 14.1. The van der Waals surface area contributed by atoms with Crippen molar-refractivity contribution in [1.29, 1.82) is 0 Å². The number of aromatic nitrogens is 2. The zero-order valence-corrected chi connectivity index (χ0v) is 21.7. The van der Waals surface area contributed by atoms with Crippen LogP contribution in [0.3, 0.4) is 0 Å². The molecule has 2 fully saturated rings. The number of hydrogen-bond donors (Lipinski definition) is 1. The smallest absolute Gasteiger partial charge is 0.274 e. The van der Waals surface area contributed by atoms with Gasteiger partial charge in [-0.15, -0.1) is 0 Å². The van der Waals surface area contributed by atoms with Crippen LogP contribution in [0.4, 0.5) is 18.9 Å². The van der Waals surface area contributed by atoms with Crippen LogP contribution in [0.25, 0.3) is 0 Å². The quantitative estimate of drug-likeness (QED) is 0.639. The lowest BCUT2D eigenvalue weighted by Gasteiger charge is -2.37. The molecule has 0 saturated carbocycles. The van der Waals surface area contributed by atoms with Gasteiger partial charge in [0.1, 0.15) is 12.7 Å². The first-order valence-electron chi connectivity index (χ1n) is 13.2. The summed E-state index contributed by atoms with van der Waals surface area (Å²) in [5.74, 6) is -1.67. The fraction of sp³-hybridized carbons (Fsp3) is 0.593. The highest BCUT2D eigenvalue weighted by molar-refractivity contribution is 5.94. The van der Waals surface area contributed by atoms with Crippen LogP contribution in [0.2, 0.25) is 0 Å². The van der Waals surface area contributed by atoms with Gasteiger partial charge in [0.25, 0.3) is 5.91 Å². The number of aliphatic hydroxyl groups is 1. The highest BCUT2D eigenvalue weighted by atomic mass is 19.3. The summed E-state index contributed by atoms with van der Waals surface area (Å²) in [6, 6.07) is 6.18. The lowest BCUT2D eigenvalue weighted by molar-refractivity contribution is -0.132. The van der Waals surface area contributed by atoms with Gasteiger partial charge >= 0.3 is 0 Å². The second-order valence-corrected chi connectivity index (χ2v) is 10.6. The SMILES string of the molecule is Cc1cccc(N2CCN(C(=O)Cn3nc(C(=O)N4CC[C@H](O)[C@H](F)C4)c4c3CC(C(F)F)C4)CC2)c1C. The Labute approximate surface area is 220 Å². The van der Waals surface area contributed by atoms with E-state index < -0.39 is 30.5 Å². The molecule has 8 nitrogen and oxygen atoms in total. The third-order valence-corrected chi connectivity index (χ3v) is 8.28. The van der Waals surface area contributed by atoms with Crippen molar-refractivity contribution in [3.8, 4) is 0 Å². The third-order valence-electron chi connectivity index (χ3n) is 8.28. The first-order valence-corrected chi connectivity index (χ1v) is 13.2. The van der Waals surface area contributed by atoms with Crippen LogP contribution < -0.4 is 4.90 Å². The molecule has 1 aliphatic carbocycles. The number of aliphatic hydroxyl groups excluding tert-OH is 1. The number of aryl methyl sites for hydroxylation is 1. The van der Waals surface area contributed by atoms with Gasteiger partial charge in [0.05, 0.1) is 12.6 Å². The summed E-state index contributed by atoms with van der Waals surface area (Å²) in [6.07, 6.45) is -5.13. The number of nitrogens with zero attached hydrogens (tertiary/aromatic N) is 5. The molecule has 0 radical (unpaired) electrons. The number of anilines is 1. The molecule has 2 amide bonds. The topological polar surface area (TPSA) is 81.9 Å². The minimum Gasteiger partial charge on any atom is -0.390 e. The maximum atomic E-state index is 14.1. The molecule has 38 heavy (non-hydrogen) atoms. The van der Waals surface area contributed by atoms with Crippen molar-refractivity contribution in [3.05, 3.63) is 46.3 Å². The van der Waals surface area contributed by atoms with Crippen molar-refractivity contribution in [2.24, 2.45) is 5.92 Å². The average molecular weight is 534 g/mol. The Morgan fingerprint density at radius 2 is 1.82 bits per heavy atom. The Hall–Kier alpha value is -3.08. The number of likely N-dealkylation sites (tertiary alicyclic amines) is 1. The summed E-state index contributed by atoms with van der Waals surface area (Å²) in [7, 11) is 0. The number of halogens is 3. The molecule has 3 aliphatic rings. The summed E-state index contributed by atoms with van der Waals surface area (Å²) in [5, 5.41) is 14.1. The van der Waals surface area contributed by atoms with E-state index >= 15 is 0 Å². The van der Waals surface area contributed by atoms with E-state index in [9.17, 15) is 27.9 Å². The van der Waals surface area contributed by atoms with Crippen molar-refractivity contribution >= 4 is 17.5 Å². The Morgan fingerprint density at radius 3 is 2.50 bits per heavy atom. The van der Waals surface area contributed by atoms with E-state index in [0.717, 1.165) is 5.69 Å². The minimum absolute atomic E-state index is 0.00764. The van der Waals surface area contributed by atoms with E-state index in [1.165, 1.54) is 20.7 Å². The van der Waals surface area contributed by atoms with E-state index in [2.05, 4.69) is 36.0 Å². The molecule has 206 valence electrons.